The largest absolute Gasteiger partial charge is 0.459 e. The standard InChI is InChI=1S/C24H25N3O5/c28-21(25-11-13-26(14-12-25)24(31)20-6-3-15-32-20)16-7-9-17(10-8-16)27-22(29)18-4-1-2-5-19(18)23(27)30/h3,6-10,15,18-19H,1-2,4-5,11-14H2/t18-,19-/m1/s1. The van der Waals surface area contributed by atoms with Crippen molar-refractivity contribution >= 4 is 29.3 Å². The topological polar surface area (TPSA) is 91.1 Å². The third-order valence-corrected chi connectivity index (χ3v) is 6.80. The molecule has 3 heterocycles. The summed E-state index contributed by atoms with van der Waals surface area (Å²) in [5.74, 6) is -0.629. The number of furan rings is 1. The van der Waals surface area contributed by atoms with Gasteiger partial charge in [-0.2, -0.15) is 0 Å². The van der Waals surface area contributed by atoms with E-state index in [9.17, 15) is 19.2 Å². The van der Waals surface area contributed by atoms with E-state index in [0.717, 1.165) is 25.7 Å². The molecule has 4 amide bonds. The van der Waals surface area contributed by atoms with Gasteiger partial charge in [-0.3, -0.25) is 24.1 Å². The van der Waals surface area contributed by atoms with Crippen LogP contribution < -0.4 is 4.90 Å². The molecule has 8 heteroatoms. The fourth-order valence-electron chi connectivity index (χ4n) is 5.02. The normalized spacial score (nSPS) is 23.4. The molecule has 2 aliphatic heterocycles. The maximum absolute atomic E-state index is 12.9. The predicted molar refractivity (Wildman–Crippen MR) is 115 cm³/mol. The van der Waals surface area contributed by atoms with Gasteiger partial charge in [-0.05, 0) is 49.2 Å². The van der Waals surface area contributed by atoms with Crippen LogP contribution >= 0.6 is 0 Å². The Balaban J connectivity index is 1.23. The molecule has 1 aliphatic carbocycles. The molecule has 1 aromatic carbocycles. The summed E-state index contributed by atoms with van der Waals surface area (Å²) in [5.41, 5.74) is 1.02. The number of benzene rings is 1. The van der Waals surface area contributed by atoms with E-state index >= 15 is 0 Å². The van der Waals surface area contributed by atoms with Gasteiger partial charge in [-0.15, -0.1) is 0 Å². The van der Waals surface area contributed by atoms with E-state index < -0.39 is 0 Å². The highest BCUT2D eigenvalue weighted by atomic mass is 16.3. The monoisotopic (exact) mass is 435 g/mol. The van der Waals surface area contributed by atoms with Gasteiger partial charge in [0.15, 0.2) is 5.76 Å². The summed E-state index contributed by atoms with van der Waals surface area (Å²) in [6.45, 7) is 1.73. The van der Waals surface area contributed by atoms with Gasteiger partial charge in [0.25, 0.3) is 11.8 Å². The van der Waals surface area contributed by atoms with Gasteiger partial charge in [0.2, 0.25) is 11.8 Å². The highest BCUT2D eigenvalue weighted by Gasteiger charge is 2.48. The first-order valence-corrected chi connectivity index (χ1v) is 11.1. The number of hydrogen-bond acceptors (Lipinski definition) is 5. The second-order valence-electron chi connectivity index (χ2n) is 8.62. The van der Waals surface area contributed by atoms with Crippen molar-refractivity contribution in [3.8, 4) is 0 Å². The number of nitrogens with zero attached hydrogens (tertiary/aromatic N) is 3. The van der Waals surface area contributed by atoms with Crippen LogP contribution in [0.15, 0.2) is 47.1 Å². The Morgan fingerprint density at radius 1 is 0.781 bits per heavy atom. The van der Waals surface area contributed by atoms with Crippen molar-refractivity contribution in [2.45, 2.75) is 25.7 Å². The molecule has 5 rings (SSSR count). The van der Waals surface area contributed by atoms with E-state index in [0.29, 0.717) is 43.2 Å². The van der Waals surface area contributed by atoms with Gasteiger partial charge in [-0.1, -0.05) is 12.8 Å². The highest BCUT2D eigenvalue weighted by molar-refractivity contribution is 6.22. The van der Waals surface area contributed by atoms with E-state index in [1.165, 1.54) is 11.2 Å². The Hall–Kier alpha value is -3.42. The summed E-state index contributed by atoms with van der Waals surface area (Å²) in [4.78, 5) is 55.6. The fourth-order valence-corrected chi connectivity index (χ4v) is 5.02. The minimum absolute atomic E-state index is 0.115. The lowest BCUT2D eigenvalue weighted by Crippen LogP contribution is -2.50. The number of carbonyl (C=O) groups excluding carboxylic acids is 4. The molecule has 1 aromatic heterocycles. The Labute approximate surface area is 185 Å². The first kappa shape index (κ1) is 20.5. The zero-order valence-electron chi connectivity index (χ0n) is 17.7. The molecule has 3 fully saturated rings. The molecular formula is C24H25N3O5. The van der Waals surface area contributed by atoms with E-state index in [2.05, 4.69) is 0 Å². The van der Waals surface area contributed by atoms with Gasteiger partial charge in [0, 0.05) is 31.7 Å². The summed E-state index contributed by atoms with van der Waals surface area (Å²) in [5, 5.41) is 0. The molecule has 0 N–H and O–H groups in total. The van der Waals surface area contributed by atoms with Crippen molar-refractivity contribution < 1.29 is 23.6 Å². The molecule has 3 aliphatic rings. The number of fused-ring (bicyclic) bond motifs is 1. The number of rotatable bonds is 3. The minimum Gasteiger partial charge on any atom is -0.459 e. The van der Waals surface area contributed by atoms with Crippen LogP contribution in [0.3, 0.4) is 0 Å². The van der Waals surface area contributed by atoms with E-state index in [4.69, 9.17) is 4.42 Å². The van der Waals surface area contributed by atoms with Gasteiger partial charge < -0.3 is 14.2 Å². The first-order valence-electron chi connectivity index (χ1n) is 11.1. The molecule has 0 unspecified atom stereocenters. The van der Waals surface area contributed by atoms with Crippen LogP contribution in [0, 0.1) is 11.8 Å². The van der Waals surface area contributed by atoms with Gasteiger partial charge in [0.05, 0.1) is 23.8 Å². The van der Waals surface area contributed by atoms with E-state index in [-0.39, 0.29) is 35.5 Å². The number of hydrogen-bond donors (Lipinski definition) is 0. The Morgan fingerprint density at radius 3 is 1.88 bits per heavy atom. The van der Waals surface area contributed by atoms with Crippen LogP contribution in [0.5, 0.6) is 0 Å². The summed E-state index contributed by atoms with van der Waals surface area (Å²) >= 11 is 0. The quantitative estimate of drug-likeness (QED) is 0.691. The van der Waals surface area contributed by atoms with Crippen molar-refractivity contribution in [3.05, 3.63) is 54.0 Å². The van der Waals surface area contributed by atoms with Gasteiger partial charge in [-0.25, -0.2) is 0 Å². The zero-order valence-corrected chi connectivity index (χ0v) is 17.7. The molecule has 2 saturated heterocycles. The molecule has 0 spiro atoms. The lowest BCUT2D eigenvalue weighted by atomic mass is 9.81. The lowest BCUT2D eigenvalue weighted by molar-refractivity contribution is -0.122. The molecule has 0 radical (unpaired) electrons. The van der Waals surface area contributed by atoms with Crippen LogP contribution in [0.1, 0.15) is 46.6 Å². The van der Waals surface area contributed by atoms with Crippen LogP contribution in [0.4, 0.5) is 5.69 Å². The fraction of sp³-hybridized carbons (Fsp3) is 0.417. The van der Waals surface area contributed by atoms with Crippen molar-refractivity contribution in [3.63, 3.8) is 0 Å². The molecule has 0 bridgehead atoms. The maximum Gasteiger partial charge on any atom is 0.289 e. The van der Waals surface area contributed by atoms with Gasteiger partial charge in [0.1, 0.15) is 0 Å². The third-order valence-electron chi connectivity index (χ3n) is 6.80. The molecule has 166 valence electrons. The summed E-state index contributed by atoms with van der Waals surface area (Å²) < 4.78 is 5.17. The Kier molecular flexibility index (Phi) is 5.28. The van der Waals surface area contributed by atoms with Crippen molar-refractivity contribution in [2.24, 2.45) is 11.8 Å². The molecule has 2 atom stereocenters. The molecule has 1 saturated carbocycles. The van der Waals surface area contributed by atoms with Crippen LogP contribution in [-0.2, 0) is 9.59 Å². The minimum atomic E-state index is -0.197. The second-order valence-corrected chi connectivity index (χ2v) is 8.62. The average Bonchev–Trinajstić information content (AvgIpc) is 3.46. The third kappa shape index (κ3) is 3.49. The molecule has 32 heavy (non-hydrogen) atoms. The maximum atomic E-state index is 12.9. The van der Waals surface area contributed by atoms with Crippen LogP contribution in [0.25, 0.3) is 0 Å². The molecule has 2 aromatic rings. The summed E-state index contributed by atoms with van der Waals surface area (Å²) in [6.07, 6.45) is 4.99. The van der Waals surface area contributed by atoms with Crippen molar-refractivity contribution in [1.29, 1.82) is 0 Å². The SMILES string of the molecule is O=C(c1ccc(N2C(=O)[C@@H]3CCCC[C@H]3C2=O)cc1)N1CCN(C(=O)c2ccco2)CC1. The molecular weight excluding hydrogens is 410 g/mol. The number of imide groups is 1. The predicted octanol–water partition coefficient (Wildman–Crippen LogP) is 2.56. The summed E-state index contributed by atoms with van der Waals surface area (Å²) in [6, 6.07) is 10.00. The van der Waals surface area contributed by atoms with Crippen molar-refractivity contribution in [2.75, 3.05) is 31.1 Å². The smallest absolute Gasteiger partial charge is 0.289 e. The zero-order chi connectivity index (χ0) is 22.2. The Bertz CT molecular complexity index is 1010. The lowest BCUT2D eigenvalue weighted by Gasteiger charge is -2.34. The van der Waals surface area contributed by atoms with Gasteiger partial charge >= 0.3 is 0 Å². The van der Waals surface area contributed by atoms with E-state index in [1.807, 2.05) is 0 Å². The number of amides is 4. The molecule has 8 nitrogen and oxygen atoms in total. The van der Waals surface area contributed by atoms with Crippen LogP contribution in [0.2, 0.25) is 0 Å². The van der Waals surface area contributed by atoms with Crippen LogP contribution in [-0.4, -0.2) is 59.6 Å². The van der Waals surface area contributed by atoms with Crippen molar-refractivity contribution in [1.82, 2.24) is 9.80 Å². The Morgan fingerprint density at radius 2 is 1.34 bits per heavy atom. The number of carbonyl (C=O) groups is 4. The summed E-state index contributed by atoms with van der Waals surface area (Å²) in [7, 11) is 0. The number of anilines is 1. The first-order chi connectivity index (χ1) is 15.5. The second kappa shape index (κ2) is 8.26. The number of piperazine rings is 1. The highest BCUT2D eigenvalue weighted by Crippen LogP contribution is 2.40. The van der Waals surface area contributed by atoms with E-state index in [1.54, 1.807) is 46.2 Å². The average molecular weight is 435 g/mol.